The van der Waals surface area contributed by atoms with Crippen molar-refractivity contribution in [1.29, 1.82) is 0 Å². The molecule has 0 radical (unpaired) electrons. The first-order valence-corrected chi connectivity index (χ1v) is 11.4. The standard InChI is InChI=1S/C24H27N5O7/c1-3-13(2)35-23(34)17(9-11-19(30)31)27-22(33)18-10-8-15(36-18)7-5-4-6-14-12-16-20(26-14)28-24(25)29-21(16)32/h8,10,12-13,17H,3-4,6,9,11H2,1-2H3,(H,27,33)(H,30,31)(H4,25,26,28,29,32). The van der Waals surface area contributed by atoms with Gasteiger partial charge in [0.25, 0.3) is 11.5 Å². The predicted molar refractivity (Wildman–Crippen MR) is 129 cm³/mol. The molecule has 36 heavy (non-hydrogen) atoms. The summed E-state index contributed by atoms with van der Waals surface area (Å²) in [7, 11) is 0. The van der Waals surface area contributed by atoms with Crippen molar-refractivity contribution in [3.8, 4) is 11.8 Å². The Hall–Kier alpha value is -4.53. The molecular formula is C24H27N5O7. The lowest BCUT2D eigenvalue weighted by atomic mass is 10.1. The average Bonchev–Trinajstić information content (AvgIpc) is 3.46. The average molecular weight is 498 g/mol. The van der Waals surface area contributed by atoms with Crippen molar-refractivity contribution in [2.45, 2.75) is 58.1 Å². The van der Waals surface area contributed by atoms with Gasteiger partial charge in [-0.3, -0.25) is 19.4 Å². The van der Waals surface area contributed by atoms with E-state index in [0.29, 0.717) is 30.3 Å². The smallest absolute Gasteiger partial charge is 0.328 e. The highest BCUT2D eigenvalue weighted by Gasteiger charge is 2.26. The Morgan fingerprint density at radius 3 is 2.81 bits per heavy atom. The van der Waals surface area contributed by atoms with E-state index >= 15 is 0 Å². The summed E-state index contributed by atoms with van der Waals surface area (Å²) in [4.78, 5) is 57.3. The summed E-state index contributed by atoms with van der Waals surface area (Å²) in [6.07, 6.45) is 0.721. The third kappa shape index (κ3) is 6.99. The van der Waals surface area contributed by atoms with Gasteiger partial charge in [0.05, 0.1) is 11.5 Å². The lowest BCUT2D eigenvalue weighted by Crippen LogP contribution is -2.43. The second kappa shape index (κ2) is 11.7. The number of carbonyl (C=O) groups is 3. The number of ether oxygens (including phenoxy) is 1. The maximum atomic E-state index is 12.6. The van der Waals surface area contributed by atoms with Gasteiger partial charge in [-0.2, -0.15) is 4.98 Å². The van der Waals surface area contributed by atoms with Crippen LogP contribution < -0.4 is 16.6 Å². The van der Waals surface area contributed by atoms with Crippen molar-refractivity contribution < 1.29 is 28.6 Å². The number of hydrogen-bond acceptors (Lipinski definition) is 8. The number of carbonyl (C=O) groups excluding carboxylic acids is 2. The van der Waals surface area contributed by atoms with Crippen LogP contribution in [0.1, 0.15) is 61.5 Å². The van der Waals surface area contributed by atoms with Gasteiger partial charge in [-0.15, -0.1) is 0 Å². The Balaban J connectivity index is 1.59. The number of carboxylic acids is 1. The second-order valence-electron chi connectivity index (χ2n) is 8.09. The normalized spacial score (nSPS) is 12.4. The van der Waals surface area contributed by atoms with Gasteiger partial charge in [0.1, 0.15) is 11.7 Å². The summed E-state index contributed by atoms with van der Waals surface area (Å²) < 4.78 is 10.7. The van der Waals surface area contributed by atoms with Crippen molar-refractivity contribution in [3.05, 3.63) is 45.8 Å². The van der Waals surface area contributed by atoms with Crippen LogP contribution in [0.4, 0.5) is 5.95 Å². The fourth-order valence-electron chi connectivity index (χ4n) is 3.21. The number of aromatic amines is 2. The van der Waals surface area contributed by atoms with E-state index in [-0.39, 0.29) is 42.0 Å². The molecule has 3 aromatic heterocycles. The Bertz CT molecular complexity index is 1370. The Kier molecular flexibility index (Phi) is 8.51. The summed E-state index contributed by atoms with van der Waals surface area (Å²) in [5, 5.41) is 11.8. The zero-order valence-corrected chi connectivity index (χ0v) is 19.8. The van der Waals surface area contributed by atoms with Crippen LogP contribution in [0, 0.1) is 11.8 Å². The summed E-state index contributed by atoms with van der Waals surface area (Å²) in [6, 6.07) is 3.48. The van der Waals surface area contributed by atoms with Crippen molar-refractivity contribution in [3.63, 3.8) is 0 Å². The monoisotopic (exact) mass is 497 g/mol. The molecule has 0 saturated carbocycles. The number of H-pyrrole nitrogens is 2. The van der Waals surface area contributed by atoms with E-state index in [4.69, 9.17) is 20.0 Å². The number of aliphatic carboxylic acids is 1. The molecular weight excluding hydrogens is 470 g/mol. The highest BCUT2D eigenvalue weighted by molar-refractivity contribution is 5.94. The first-order valence-electron chi connectivity index (χ1n) is 11.4. The van der Waals surface area contributed by atoms with Crippen LogP contribution in [-0.2, 0) is 20.7 Å². The van der Waals surface area contributed by atoms with Gasteiger partial charge in [-0.05, 0) is 50.3 Å². The molecule has 0 aliphatic carbocycles. The number of fused-ring (bicyclic) bond motifs is 1. The molecule has 0 spiro atoms. The molecule has 12 heteroatoms. The summed E-state index contributed by atoms with van der Waals surface area (Å²) in [5.74, 6) is 3.44. The third-order valence-electron chi connectivity index (χ3n) is 5.26. The first-order chi connectivity index (χ1) is 17.2. The highest BCUT2D eigenvalue weighted by atomic mass is 16.5. The largest absolute Gasteiger partial charge is 0.481 e. The molecule has 0 saturated heterocycles. The molecule has 12 nitrogen and oxygen atoms in total. The molecule has 0 fully saturated rings. The summed E-state index contributed by atoms with van der Waals surface area (Å²) in [5.41, 5.74) is 6.38. The summed E-state index contributed by atoms with van der Waals surface area (Å²) >= 11 is 0. The van der Waals surface area contributed by atoms with Crippen LogP contribution in [0.3, 0.4) is 0 Å². The van der Waals surface area contributed by atoms with Gasteiger partial charge in [0.15, 0.2) is 11.5 Å². The van der Waals surface area contributed by atoms with Crippen LogP contribution in [0.15, 0.2) is 27.4 Å². The molecule has 2 unspecified atom stereocenters. The van der Waals surface area contributed by atoms with E-state index in [1.807, 2.05) is 6.92 Å². The van der Waals surface area contributed by atoms with Gasteiger partial charge in [-0.1, -0.05) is 12.8 Å². The molecule has 3 heterocycles. The van der Waals surface area contributed by atoms with Crippen molar-refractivity contribution >= 4 is 34.8 Å². The van der Waals surface area contributed by atoms with Gasteiger partial charge in [0.2, 0.25) is 5.95 Å². The number of rotatable bonds is 10. The van der Waals surface area contributed by atoms with Crippen LogP contribution >= 0.6 is 0 Å². The molecule has 0 aromatic carbocycles. The third-order valence-corrected chi connectivity index (χ3v) is 5.26. The van der Waals surface area contributed by atoms with Crippen molar-refractivity contribution in [1.82, 2.24) is 20.3 Å². The molecule has 1 amide bonds. The van der Waals surface area contributed by atoms with E-state index in [0.717, 1.165) is 5.69 Å². The number of furan rings is 1. The number of nitrogens with two attached hydrogens (primary N) is 1. The van der Waals surface area contributed by atoms with Gasteiger partial charge in [0, 0.05) is 18.5 Å². The Morgan fingerprint density at radius 1 is 1.31 bits per heavy atom. The minimum atomic E-state index is -1.13. The number of carboxylic acid groups (broad SMARTS) is 1. The maximum absolute atomic E-state index is 12.6. The number of nitrogens with one attached hydrogen (secondary N) is 3. The minimum absolute atomic E-state index is 0.0268. The Morgan fingerprint density at radius 2 is 2.08 bits per heavy atom. The van der Waals surface area contributed by atoms with Crippen LogP contribution in [0.5, 0.6) is 0 Å². The van der Waals surface area contributed by atoms with Crippen LogP contribution in [-0.4, -0.2) is 50.1 Å². The molecule has 0 bridgehead atoms. The van der Waals surface area contributed by atoms with Crippen LogP contribution in [0.2, 0.25) is 0 Å². The summed E-state index contributed by atoms with van der Waals surface area (Å²) in [6.45, 7) is 3.54. The molecule has 3 aromatic rings. The quantitative estimate of drug-likeness (QED) is 0.205. The van der Waals surface area contributed by atoms with Crippen molar-refractivity contribution in [2.75, 3.05) is 5.73 Å². The lowest BCUT2D eigenvalue weighted by molar-refractivity contribution is -0.151. The predicted octanol–water partition coefficient (Wildman–Crippen LogP) is 1.72. The number of anilines is 1. The molecule has 0 aliphatic heterocycles. The van der Waals surface area contributed by atoms with E-state index in [1.165, 1.54) is 12.1 Å². The van der Waals surface area contributed by atoms with E-state index < -0.39 is 23.9 Å². The number of nitrogens with zero attached hydrogens (tertiary/aromatic N) is 1. The van der Waals surface area contributed by atoms with Gasteiger partial charge < -0.3 is 30.3 Å². The fourth-order valence-corrected chi connectivity index (χ4v) is 3.21. The van der Waals surface area contributed by atoms with Gasteiger partial charge >= 0.3 is 11.9 Å². The number of hydrogen-bond donors (Lipinski definition) is 5. The number of aryl methyl sites for hydroxylation is 1. The van der Waals surface area contributed by atoms with E-state index in [1.54, 1.807) is 13.0 Å². The number of esters is 1. The molecule has 6 N–H and O–H groups in total. The zero-order chi connectivity index (χ0) is 26.2. The van der Waals surface area contributed by atoms with Crippen LogP contribution in [0.25, 0.3) is 11.0 Å². The number of aromatic nitrogens is 3. The highest BCUT2D eigenvalue weighted by Crippen LogP contribution is 2.12. The molecule has 0 aliphatic rings. The Labute approximate surface area is 205 Å². The number of nitrogen functional groups attached to an aromatic ring is 1. The second-order valence-corrected chi connectivity index (χ2v) is 8.09. The van der Waals surface area contributed by atoms with E-state index in [2.05, 4.69) is 32.1 Å². The fraction of sp³-hybridized carbons (Fsp3) is 0.375. The molecule has 190 valence electrons. The zero-order valence-electron chi connectivity index (χ0n) is 19.8. The number of amides is 1. The minimum Gasteiger partial charge on any atom is -0.481 e. The molecule has 3 rings (SSSR count). The maximum Gasteiger partial charge on any atom is 0.328 e. The van der Waals surface area contributed by atoms with Gasteiger partial charge in [-0.25, -0.2) is 4.79 Å². The first kappa shape index (κ1) is 26.1. The topological polar surface area (TPSA) is 193 Å². The molecule has 2 atom stereocenters. The SMILES string of the molecule is CCC(C)OC(=O)C(CCC(=O)O)NC(=O)c1ccc(C#CCCc2cc3c(=O)[nH]c(N)nc3[nH]2)o1. The lowest BCUT2D eigenvalue weighted by Gasteiger charge is -2.19. The van der Waals surface area contributed by atoms with E-state index in [9.17, 15) is 19.2 Å². The van der Waals surface area contributed by atoms with Crippen molar-refractivity contribution in [2.24, 2.45) is 0 Å².